The molecular formula is C23H26N2O5. The lowest BCUT2D eigenvalue weighted by molar-refractivity contribution is -0.140. The molecule has 7 heteroatoms. The number of amides is 1. The van der Waals surface area contributed by atoms with Crippen LogP contribution in [0.3, 0.4) is 0 Å². The number of anilines is 1. The molecule has 1 aromatic heterocycles. The molecule has 0 atom stereocenters. The van der Waals surface area contributed by atoms with E-state index < -0.39 is 29.0 Å². The summed E-state index contributed by atoms with van der Waals surface area (Å²) in [6.07, 6.45) is 3.88. The number of nitrogens with zero attached hydrogens (tertiary/aromatic N) is 1. The van der Waals surface area contributed by atoms with Crippen LogP contribution in [0.1, 0.15) is 55.5 Å². The topological polar surface area (TPSA) is 106 Å². The van der Waals surface area contributed by atoms with E-state index in [1.807, 2.05) is 6.92 Å². The van der Waals surface area contributed by atoms with Gasteiger partial charge >= 0.3 is 5.97 Å². The fraction of sp³-hybridized carbons (Fsp3) is 0.304. The molecule has 1 aromatic carbocycles. The third-order valence-electron chi connectivity index (χ3n) is 4.33. The second-order valence-electron chi connectivity index (χ2n) is 6.54. The summed E-state index contributed by atoms with van der Waals surface area (Å²) >= 11 is 0. The smallest absolute Gasteiger partial charge is 0.345 e. The van der Waals surface area contributed by atoms with Crippen LogP contribution in [0.15, 0.2) is 54.2 Å². The van der Waals surface area contributed by atoms with Crippen molar-refractivity contribution < 1.29 is 24.2 Å². The largest absolute Gasteiger partial charge is 0.506 e. The summed E-state index contributed by atoms with van der Waals surface area (Å²) in [5.74, 6) is -2.38. The molecule has 2 rings (SSSR count). The predicted octanol–water partition coefficient (Wildman–Crippen LogP) is 4.32. The Bertz CT molecular complexity index is 922. The zero-order chi connectivity index (χ0) is 21.9. The predicted molar refractivity (Wildman–Crippen MR) is 114 cm³/mol. The maximum absolute atomic E-state index is 12.7. The molecule has 0 radical (unpaired) electrons. The number of benzene rings is 1. The van der Waals surface area contributed by atoms with Gasteiger partial charge in [-0.25, -0.2) is 9.78 Å². The standard InChI is InChI=1S/C23H26N2O5/c1-3-5-7-14-18(26)19(23(29)30-4-2)20(27)17-13-10-15-24-21(17)25-22(28)16-11-8-6-9-12-16/h6,8-13,15,27H,3-5,7,14H2,1-2H3,(H,24,25,28)/b20-19+. The zero-order valence-corrected chi connectivity index (χ0v) is 17.2. The highest BCUT2D eigenvalue weighted by molar-refractivity contribution is 6.22. The van der Waals surface area contributed by atoms with Crippen molar-refractivity contribution in [3.8, 4) is 0 Å². The number of ketones is 1. The zero-order valence-electron chi connectivity index (χ0n) is 17.2. The van der Waals surface area contributed by atoms with Gasteiger partial charge in [0, 0.05) is 18.2 Å². The van der Waals surface area contributed by atoms with Gasteiger partial charge in [-0.05, 0) is 37.6 Å². The molecule has 0 aliphatic carbocycles. The summed E-state index contributed by atoms with van der Waals surface area (Å²) in [7, 11) is 0. The van der Waals surface area contributed by atoms with Gasteiger partial charge in [-0.1, -0.05) is 38.0 Å². The van der Waals surface area contributed by atoms with Gasteiger partial charge in [0.15, 0.2) is 5.78 Å². The third kappa shape index (κ3) is 6.01. The minimum Gasteiger partial charge on any atom is -0.506 e. The number of aliphatic hydroxyl groups excluding tert-OH is 1. The summed E-state index contributed by atoms with van der Waals surface area (Å²) in [5.41, 5.74) is 0.0312. The molecule has 7 nitrogen and oxygen atoms in total. The molecule has 158 valence electrons. The molecule has 30 heavy (non-hydrogen) atoms. The molecule has 0 spiro atoms. The average molecular weight is 410 g/mol. The van der Waals surface area contributed by atoms with Crippen molar-refractivity contribution >= 4 is 29.2 Å². The van der Waals surface area contributed by atoms with E-state index in [1.165, 1.54) is 18.3 Å². The lowest BCUT2D eigenvalue weighted by Gasteiger charge is -2.13. The first kappa shape index (κ1) is 22.8. The van der Waals surface area contributed by atoms with E-state index in [2.05, 4.69) is 10.3 Å². The van der Waals surface area contributed by atoms with Gasteiger partial charge in [0.05, 0.1) is 12.2 Å². The number of aromatic nitrogens is 1. The van der Waals surface area contributed by atoms with Crippen molar-refractivity contribution in [3.63, 3.8) is 0 Å². The maximum atomic E-state index is 12.7. The molecule has 0 bridgehead atoms. The van der Waals surface area contributed by atoms with Crippen molar-refractivity contribution in [2.75, 3.05) is 11.9 Å². The van der Waals surface area contributed by atoms with E-state index >= 15 is 0 Å². The van der Waals surface area contributed by atoms with E-state index in [-0.39, 0.29) is 24.4 Å². The first-order chi connectivity index (χ1) is 14.5. The van der Waals surface area contributed by atoms with Crippen LogP contribution in [0.2, 0.25) is 0 Å². The number of carbonyl (C=O) groups is 3. The monoisotopic (exact) mass is 410 g/mol. The van der Waals surface area contributed by atoms with E-state index in [4.69, 9.17) is 4.74 Å². The molecule has 1 heterocycles. The highest BCUT2D eigenvalue weighted by atomic mass is 16.5. The highest BCUT2D eigenvalue weighted by Crippen LogP contribution is 2.25. The quantitative estimate of drug-likeness (QED) is 0.151. The van der Waals surface area contributed by atoms with Crippen molar-refractivity contribution in [2.45, 2.75) is 39.5 Å². The summed E-state index contributed by atoms with van der Waals surface area (Å²) in [5, 5.41) is 13.5. The van der Waals surface area contributed by atoms with Crippen LogP contribution < -0.4 is 5.32 Å². The number of ether oxygens (including phenoxy) is 1. The SMILES string of the molecule is CCCCCC(=O)/C(C(=O)OCC)=C(\O)c1cccnc1NC(=O)c1ccccc1. The fourth-order valence-electron chi connectivity index (χ4n) is 2.81. The molecule has 0 fully saturated rings. The Morgan fingerprint density at radius 1 is 1.03 bits per heavy atom. The van der Waals surface area contributed by atoms with Crippen LogP contribution in [0.5, 0.6) is 0 Å². The minimum atomic E-state index is -0.902. The summed E-state index contributed by atoms with van der Waals surface area (Å²) in [6.45, 7) is 3.67. The van der Waals surface area contributed by atoms with Gasteiger partial charge in [-0.3, -0.25) is 9.59 Å². The van der Waals surface area contributed by atoms with Gasteiger partial charge in [0.2, 0.25) is 0 Å². The van der Waals surface area contributed by atoms with Gasteiger partial charge < -0.3 is 15.2 Å². The van der Waals surface area contributed by atoms with E-state index in [9.17, 15) is 19.5 Å². The Morgan fingerprint density at radius 2 is 1.77 bits per heavy atom. The van der Waals surface area contributed by atoms with Crippen molar-refractivity contribution in [1.29, 1.82) is 0 Å². The number of hydrogen-bond donors (Lipinski definition) is 2. The van der Waals surface area contributed by atoms with Gasteiger partial charge in [-0.15, -0.1) is 0 Å². The third-order valence-corrected chi connectivity index (χ3v) is 4.33. The molecule has 0 saturated heterocycles. The van der Waals surface area contributed by atoms with Crippen LogP contribution in [-0.2, 0) is 14.3 Å². The first-order valence-electron chi connectivity index (χ1n) is 9.94. The Labute approximate surface area is 175 Å². The number of aliphatic hydroxyl groups is 1. The summed E-state index contributed by atoms with van der Waals surface area (Å²) < 4.78 is 4.98. The van der Waals surface area contributed by atoms with Crippen LogP contribution in [-0.4, -0.2) is 34.4 Å². The molecule has 2 aromatic rings. The van der Waals surface area contributed by atoms with Crippen molar-refractivity contribution in [2.24, 2.45) is 0 Å². The molecular weight excluding hydrogens is 384 g/mol. The number of carbonyl (C=O) groups excluding carboxylic acids is 3. The van der Waals surface area contributed by atoms with E-state index in [1.54, 1.807) is 37.3 Å². The highest BCUT2D eigenvalue weighted by Gasteiger charge is 2.27. The number of unbranched alkanes of at least 4 members (excludes halogenated alkanes) is 2. The Kier molecular flexibility index (Phi) is 8.75. The number of pyridine rings is 1. The number of Topliss-reactive ketones (excluding diaryl/α,β-unsaturated/α-hetero) is 1. The van der Waals surface area contributed by atoms with Crippen LogP contribution >= 0.6 is 0 Å². The van der Waals surface area contributed by atoms with Crippen LogP contribution in [0.25, 0.3) is 5.76 Å². The number of hydrogen-bond acceptors (Lipinski definition) is 6. The number of esters is 1. The lowest BCUT2D eigenvalue weighted by Crippen LogP contribution is -2.19. The van der Waals surface area contributed by atoms with Crippen molar-refractivity contribution in [3.05, 3.63) is 65.4 Å². The first-order valence-corrected chi connectivity index (χ1v) is 9.94. The van der Waals surface area contributed by atoms with E-state index in [0.717, 1.165) is 12.8 Å². The van der Waals surface area contributed by atoms with Crippen LogP contribution in [0.4, 0.5) is 5.82 Å². The average Bonchev–Trinajstić information content (AvgIpc) is 2.75. The number of nitrogens with one attached hydrogen (secondary N) is 1. The summed E-state index contributed by atoms with van der Waals surface area (Å²) in [6, 6.07) is 11.5. The molecule has 1 amide bonds. The molecule has 2 N–H and O–H groups in total. The Hall–Kier alpha value is -3.48. The van der Waals surface area contributed by atoms with Gasteiger partial charge in [-0.2, -0.15) is 0 Å². The second-order valence-corrected chi connectivity index (χ2v) is 6.54. The Balaban J connectivity index is 2.41. The van der Waals surface area contributed by atoms with Crippen LogP contribution in [0, 0.1) is 0 Å². The second kappa shape index (κ2) is 11.5. The number of rotatable bonds is 10. The van der Waals surface area contributed by atoms with Crippen molar-refractivity contribution in [1.82, 2.24) is 4.98 Å². The molecule has 0 aliphatic heterocycles. The molecule has 0 unspecified atom stereocenters. The normalized spacial score (nSPS) is 11.4. The minimum absolute atomic E-state index is 0.0343. The lowest BCUT2D eigenvalue weighted by atomic mass is 10.0. The molecule has 0 saturated carbocycles. The fourth-order valence-corrected chi connectivity index (χ4v) is 2.81. The summed E-state index contributed by atoms with van der Waals surface area (Å²) in [4.78, 5) is 41.7. The molecule has 0 aliphatic rings. The maximum Gasteiger partial charge on any atom is 0.345 e. The van der Waals surface area contributed by atoms with E-state index in [0.29, 0.717) is 12.0 Å². The van der Waals surface area contributed by atoms with Gasteiger partial charge in [0.25, 0.3) is 5.91 Å². The Morgan fingerprint density at radius 3 is 2.43 bits per heavy atom. The van der Waals surface area contributed by atoms with Gasteiger partial charge in [0.1, 0.15) is 17.2 Å².